The summed E-state index contributed by atoms with van der Waals surface area (Å²) in [6.45, 7) is 6.30. The lowest BCUT2D eigenvalue weighted by Gasteiger charge is -2.32. The molecule has 24 heavy (non-hydrogen) atoms. The number of rotatable bonds is 8. The number of nitrogens with one attached hydrogen (secondary N) is 1. The maximum Gasteiger partial charge on any atom is 0.230 e. The highest BCUT2D eigenvalue weighted by Crippen LogP contribution is 2.28. The van der Waals surface area contributed by atoms with Crippen molar-refractivity contribution in [1.29, 1.82) is 0 Å². The second kappa shape index (κ2) is 10.5. The minimum Gasteiger partial charge on any atom is -0.355 e. The Morgan fingerprint density at radius 2 is 1.88 bits per heavy atom. The summed E-state index contributed by atoms with van der Waals surface area (Å²) >= 11 is 13.8. The number of likely N-dealkylation sites (N-methyl/N-ethyl adjacent to an activating group) is 1. The van der Waals surface area contributed by atoms with E-state index in [1.165, 1.54) is 11.8 Å². The highest BCUT2D eigenvalue weighted by Gasteiger charge is 2.13. The molecule has 0 saturated carbocycles. The number of amides is 1. The molecule has 1 aliphatic heterocycles. The first-order valence-electron chi connectivity index (χ1n) is 8.24. The van der Waals surface area contributed by atoms with E-state index in [9.17, 15) is 4.79 Å². The van der Waals surface area contributed by atoms with Crippen LogP contribution in [0.3, 0.4) is 0 Å². The van der Waals surface area contributed by atoms with Crippen LogP contribution >= 0.6 is 35.0 Å². The number of piperazine rings is 1. The zero-order valence-electron chi connectivity index (χ0n) is 14.1. The lowest BCUT2D eigenvalue weighted by molar-refractivity contribution is -0.118. The van der Waals surface area contributed by atoms with Gasteiger partial charge in [-0.25, -0.2) is 0 Å². The first-order valence-corrected chi connectivity index (χ1v) is 10.2. The standard InChI is InChI=1S/C17H25Cl2N3OS/c1-21-8-10-22(11-9-21)7-3-6-20-17(23)13-24-12-14-15(18)4-2-5-16(14)19/h2,4-5H,3,6-13H2,1H3,(H,20,23). The van der Waals surface area contributed by atoms with Gasteiger partial charge in [0.05, 0.1) is 5.75 Å². The fourth-order valence-corrected chi connectivity index (χ4v) is 4.16. The third-order valence-corrected chi connectivity index (χ3v) is 5.78. The van der Waals surface area contributed by atoms with E-state index in [-0.39, 0.29) is 5.91 Å². The monoisotopic (exact) mass is 389 g/mol. The molecule has 1 fully saturated rings. The van der Waals surface area contributed by atoms with Crippen LogP contribution in [0.4, 0.5) is 0 Å². The van der Waals surface area contributed by atoms with Crippen LogP contribution in [0.5, 0.6) is 0 Å². The van der Waals surface area contributed by atoms with Crippen molar-refractivity contribution in [1.82, 2.24) is 15.1 Å². The largest absolute Gasteiger partial charge is 0.355 e. The average molecular weight is 390 g/mol. The normalized spacial score (nSPS) is 16.3. The highest BCUT2D eigenvalue weighted by molar-refractivity contribution is 7.99. The molecule has 0 spiro atoms. The molecule has 0 aliphatic carbocycles. The van der Waals surface area contributed by atoms with Crippen LogP contribution in [-0.4, -0.2) is 67.8 Å². The minimum absolute atomic E-state index is 0.0709. The van der Waals surface area contributed by atoms with E-state index in [2.05, 4.69) is 22.2 Å². The Morgan fingerprint density at radius 3 is 2.54 bits per heavy atom. The van der Waals surface area contributed by atoms with E-state index in [4.69, 9.17) is 23.2 Å². The molecule has 0 bridgehead atoms. The van der Waals surface area contributed by atoms with Gasteiger partial charge in [-0.3, -0.25) is 4.79 Å². The van der Waals surface area contributed by atoms with Gasteiger partial charge in [0, 0.05) is 48.5 Å². The molecular weight excluding hydrogens is 365 g/mol. The maximum atomic E-state index is 11.9. The van der Waals surface area contributed by atoms with E-state index in [0.29, 0.717) is 21.6 Å². The lowest BCUT2D eigenvalue weighted by Crippen LogP contribution is -2.45. The van der Waals surface area contributed by atoms with Crippen molar-refractivity contribution in [3.63, 3.8) is 0 Å². The summed E-state index contributed by atoms with van der Waals surface area (Å²) in [5.41, 5.74) is 0.897. The molecule has 134 valence electrons. The Labute approximate surface area is 158 Å². The second-order valence-electron chi connectivity index (χ2n) is 6.04. The van der Waals surface area contributed by atoms with Crippen molar-refractivity contribution in [2.24, 2.45) is 0 Å². The molecule has 1 aliphatic rings. The third-order valence-electron chi connectivity index (χ3n) is 4.11. The SMILES string of the molecule is CN1CCN(CCCNC(=O)CSCc2c(Cl)cccc2Cl)CC1. The number of hydrogen-bond donors (Lipinski definition) is 1. The number of carbonyl (C=O) groups excluding carboxylic acids is 1. The Bertz CT molecular complexity index is 516. The zero-order chi connectivity index (χ0) is 17.4. The molecule has 2 rings (SSSR count). The van der Waals surface area contributed by atoms with Crippen molar-refractivity contribution in [2.75, 3.05) is 52.1 Å². The number of thioether (sulfide) groups is 1. The third kappa shape index (κ3) is 6.81. The molecule has 1 heterocycles. The van der Waals surface area contributed by atoms with E-state index in [1.807, 2.05) is 18.2 Å². The number of nitrogens with zero attached hydrogens (tertiary/aromatic N) is 2. The van der Waals surface area contributed by atoms with Gasteiger partial charge < -0.3 is 15.1 Å². The van der Waals surface area contributed by atoms with Gasteiger partial charge in [0.1, 0.15) is 0 Å². The Kier molecular flexibility index (Phi) is 8.70. The molecule has 0 aromatic heterocycles. The molecular formula is C17H25Cl2N3OS. The van der Waals surface area contributed by atoms with Crippen LogP contribution in [-0.2, 0) is 10.5 Å². The van der Waals surface area contributed by atoms with Crippen LogP contribution < -0.4 is 5.32 Å². The van der Waals surface area contributed by atoms with Gasteiger partial charge in [-0.2, -0.15) is 0 Å². The van der Waals surface area contributed by atoms with E-state index < -0.39 is 0 Å². The van der Waals surface area contributed by atoms with Gasteiger partial charge >= 0.3 is 0 Å². The number of carbonyl (C=O) groups is 1. The maximum absolute atomic E-state index is 11.9. The average Bonchev–Trinajstić information content (AvgIpc) is 2.56. The van der Waals surface area contributed by atoms with Crippen LogP contribution in [0.25, 0.3) is 0 Å². The van der Waals surface area contributed by atoms with Gasteiger partial charge in [0.25, 0.3) is 0 Å². The quantitative estimate of drug-likeness (QED) is 0.693. The Hall–Kier alpha value is -0.460. The van der Waals surface area contributed by atoms with Gasteiger partial charge in [0.15, 0.2) is 0 Å². The molecule has 1 N–H and O–H groups in total. The van der Waals surface area contributed by atoms with Crippen molar-refractivity contribution < 1.29 is 4.79 Å². The predicted molar refractivity (Wildman–Crippen MR) is 104 cm³/mol. The first-order chi connectivity index (χ1) is 11.6. The molecule has 1 aromatic carbocycles. The fourth-order valence-electron chi connectivity index (χ4n) is 2.57. The Morgan fingerprint density at radius 1 is 1.21 bits per heavy atom. The Balaban J connectivity index is 1.55. The molecule has 4 nitrogen and oxygen atoms in total. The minimum atomic E-state index is 0.0709. The summed E-state index contributed by atoms with van der Waals surface area (Å²) in [6, 6.07) is 5.47. The number of halogens is 2. The van der Waals surface area contributed by atoms with E-state index in [1.54, 1.807) is 0 Å². The lowest BCUT2D eigenvalue weighted by atomic mass is 10.2. The van der Waals surface area contributed by atoms with E-state index >= 15 is 0 Å². The summed E-state index contributed by atoms with van der Waals surface area (Å²) in [7, 11) is 2.16. The smallest absolute Gasteiger partial charge is 0.230 e. The highest BCUT2D eigenvalue weighted by atomic mass is 35.5. The van der Waals surface area contributed by atoms with Crippen molar-refractivity contribution in [3.8, 4) is 0 Å². The summed E-state index contributed by atoms with van der Waals surface area (Å²) in [6.07, 6.45) is 0.996. The van der Waals surface area contributed by atoms with Crippen LogP contribution in [0, 0.1) is 0 Å². The van der Waals surface area contributed by atoms with Crippen molar-refractivity contribution >= 4 is 40.9 Å². The molecule has 1 saturated heterocycles. The van der Waals surface area contributed by atoms with E-state index in [0.717, 1.165) is 51.3 Å². The summed E-state index contributed by atoms with van der Waals surface area (Å²) in [4.78, 5) is 16.7. The fraction of sp³-hybridized carbons (Fsp3) is 0.588. The molecule has 0 atom stereocenters. The first kappa shape index (κ1) is 19.9. The van der Waals surface area contributed by atoms with Gasteiger partial charge in [-0.05, 0) is 37.7 Å². The van der Waals surface area contributed by atoms with Crippen molar-refractivity contribution in [2.45, 2.75) is 12.2 Å². The second-order valence-corrected chi connectivity index (χ2v) is 7.84. The number of benzene rings is 1. The summed E-state index contributed by atoms with van der Waals surface area (Å²) in [5.74, 6) is 1.14. The molecule has 7 heteroatoms. The van der Waals surface area contributed by atoms with Crippen LogP contribution in [0.1, 0.15) is 12.0 Å². The van der Waals surface area contributed by atoms with Crippen LogP contribution in [0.2, 0.25) is 10.0 Å². The summed E-state index contributed by atoms with van der Waals surface area (Å²) < 4.78 is 0. The van der Waals surface area contributed by atoms with Crippen molar-refractivity contribution in [3.05, 3.63) is 33.8 Å². The van der Waals surface area contributed by atoms with Gasteiger partial charge in [0.2, 0.25) is 5.91 Å². The zero-order valence-corrected chi connectivity index (χ0v) is 16.4. The number of hydrogen-bond acceptors (Lipinski definition) is 4. The van der Waals surface area contributed by atoms with Crippen LogP contribution in [0.15, 0.2) is 18.2 Å². The predicted octanol–water partition coefficient (Wildman–Crippen LogP) is 2.98. The van der Waals surface area contributed by atoms with Gasteiger partial charge in [-0.1, -0.05) is 29.3 Å². The van der Waals surface area contributed by atoms with Gasteiger partial charge in [-0.15, -0.1) is 11.8 Å². The molecule has 0 unspecified atom stereocenters. The molecule has 1 amide bonds. The summed E-state index contributed by atoms with van der Waals surface area (Å²) in [5, 5.41) is 4.29. The molecule has 1 aromatic rings. The molecule has 0 radical (unpaired) electrons. The topological polar surface area (TPSA) is 35.6 Å².